The van der Waals surface area contributed by atoms with Gasteiger partial charge in [0, 0.05) is 11.1 Å². The molecule has 26 heavy (non-hydrogen) atoms. The van der Waals surface area contributed by atoms with Crippen molar-refractivity contribution >= 4 is 28.0 Å². The van der Waals surface area contributed by atoms with Crippen LogP contribution in [0.2, 0.25) is 0 Å². The Morgan fingerprint density at radius 2 is 1.42 bits per heavy atom. The van der Waals surface area contributed by atoms with Gasteiger partial charge in [-0.1, -0.05) is 13.2 Å². The maximum Gasteiger partial charge on any atom is 1.00 e. The van der Waals surface area contributed by atoms with Crippen molar-refractivity contribution in [2.24, 2.45) is 5.92 Å². The SMILES string of the molecule is C=C(C)C(=O)OCC(COC(=O)C(=C)C)C(=O)OCCCS(=O)(=O)O.[H-].[Na+]. The average molecular weight is 402 g/mol. The Bertz CT molecular complexity index is 616. The quantitative estimate of drug-likeness (QED) is 0.102. The molecule has 0 saturated carbocycles. The van der Waals surface area contributed by atoms with Crippen LogP contribution in [0.3, 0.4) is 0 Å². The molecule has 0 amide bonds. The third-order valence-electron chi connectivity index (χ3n) is 2.65. The van der Waals surface area contributed by atoms with E-state index in [4.69, 9.17) is 18.8 Å². The van der Waals surface area contributed by atoms with Crippen molar-refractivity contribution < 1.29 is 72.5 Å². The predicted molar refractivity (Wildman–Crippen MR) is 88.1 cm³/mol. The van der Waals surface area contributed by atoms with E-state index < -0.39 is 52.9 Å². The molecule has 0 spiro atoms. The Balaban J connectivity index is -0.00000288. The molecular weight excluding hydrogens is 379 g/mol. The van der Waals surface area contributed by atoms with Crippen molar-refractivity contribution in [3.05, 3.63) is 24.3 Å². The van der Waals surface area contributed by atoms with E-state index in [2.05, 4.69) is 13.2 Å². The Kier molecular flexibility index (Phi) is 13.6. The Morgan fingerprint density at radius 1 is 1.00 bits per heavy atom. The van der Waals surface area contributed by atoms with Gasteiger partial charge in [0.1, 0.15) is 19.1 Å². The monoisotopic (exact) mass is 402 g/mol. The fourth-order valence-corrected chi connectivity index (χ4v) is 1.80. The van der Waals surface area contributed by atoms with Gasteiger partial charge in [-0.05, 0) is 20.3 Å². The summed E-state index contributed by atoms with van der Waals surface area (Å²) in [5.74, 6) is -3.97. The minimum absolute atomic E-state index is 0. The second-order valence-electron chi connectivity index (χ2n) is 5.26. The molecule has 0 aliphatic carbocycles. The normalized spacial score (nSPS) is 10.5. The summed E-state index contributed by atoms with van der Waals surface area (Å²) in [6, 6.07) is 0. The molecule has 0 aromatic rings. The van der Waals surface area contributed by atoms with Crippen LogP contribution in [-0.4, -0.2) is 56.5 Å². The summed E-state index contributed by atoms with van der Waals surface area (Å²) >= 11 is 0. The van der Waals surface area contributed by atoms with Crippen LogP contribution in [0.25, 0.3) is 0 Å². The second kappa shape index (κ2) is 13.0. The summed E-state index contributed by atoms with van der Waals surface area (Å²) < 4.78 is 44.3. The molecule has 11 heteroatoms. The van der Waals surface area contributed by atoms with E-state index in [1.165, 1.54) is 13.8 Å². The third-order valence-corrected chi connectivity index (χ3v) is 3.46. The molecule has 1 N–H and O–H groups in total. The number of ether oxygens (including phenoxy) is 3. The smallest absolute Gasteiger partial charge is 1.00 e. The van der Waals surface area contributed by atoms with Gasteiger partial charge in [0.2, 0.25) is 0 Å². The largest absolute Gasteiger partial charge is 1.00 e. The number of hydrogen-bond donors (Lipinski definition) is 1. The first-order valence-corrected chi connectivity index (χ1v) is 8.82. The minimum atomic E-state index is -4.15. The minimum Gasteiger partial charge on any atom is -1.00 e. The summed E-state index contributed by atoms with van der Waals surface area (Å²) in [6.07, 6.45) is -0.117. The van der Waals surface area contributed by atoms with E-state index in [0.717, 1.165) is 0 Å². The van der Waals surface area contributed by atoms with Crippen LogP contribution in [0, 0.1) is 5.92 Å². The van der Waals surface area contributed by atoms with Crippen LogP contribution in [0.4, 0.5) is 0 Å². The van der Waals surface area contributed by atoms with E-state index in [1.54, 1.807) is 0 Å². The van der Waals surface area contributed by atoms with Gasteiger partial charge in [-0.25, -0.2) is 9.59 Å². The van der Waals surface area contributed by atoms with Gasteiger partial charge in [-0.2, -0.15) is 8.42 Å². The van der Waals surface area contributed by atoms with Gasteiger partial charge in [-0.15, -0.1) is 0 Å². The van der Waals surface area contributed by atoms with Crippen molar-refractivity contribution in [3.8, 4) is 0 Å². The van der Waals surface area contributed by atoms with Crippen molar-refractivity contribution in [1.82, 2.24) is 0 Å². The molecule has 0 atom stereocenters. The summed E-state index contributed by atoms with van der Waals surface area (Å²) in [5.41, 5.74) is 0.249. The van der Waals surface area contributed by atoms with Crippen molar-refractivity contribution in [2.75, 3.05) is 25.6 Å². The third kappa shape index (κ3) is 13.1. The number of rotatable bonds is 11. The zero-order valence-corrected chi connectivity index (χ0v) is 18.0. The summed E-state index contributed by atoms with van der Waals surface area (Å²) in [5, 5.41) is 0. The Hall–Kier alpha value is -1.20. The van der Waals surface area contributed by atoms with E-state index in [1.807, 2.05) is 0 Å². The number of carbonyl (C=O) groups excluding carboxylic acids is 3. The van der Waals surface area contributed by atoms with Crippen molar-refractivity contribution in [2.45, 2.75) is 20.3 Å². The van der Waals surface area contributed by atoms with Crippen LogP contribution in [-0.2, 0) is 38.7 Å². The van der Waals surface area contributed by atoms with Crippen molar-refractivity contribution in [1.29, 1.82) is 0 Å². The second-order valence-corrected chi connectivity index (χ2v) is 6.83. The first-order valence-electron chi connectivity index (χ1n) is 7.21. The van der Waals surface area contributed by atoms with E-state index in [-0.39, 0.29) is 55.2 Å². The molecular formula is C15H23NaO9S. The fourth-order valence-electron chi connectivity index (χ4n) is 1.32. The van der Waals surface area contributed by atoms with Crippen molar-refractivity contribution in [3.63, 3.8) is 0 Å². The zero-order valence-electron chi connectivity index (χ0n) is 16.1. The molecule has 0 aliphatic rings. The molecule has 0 saturated heterocycles. The van der Waals surface area contributed by atoms with Gasteiger partial charge >= 0.3 is 47.5 Å². The Morgan fingerprint density at radius 3 is 1.77 bits per heavy atom. The molecule has 0 aliphatic heterocycles. The van der Waals surface area contributed by atoms with Gasteiger partial charge in [0.25, 0.3) is 10.1 Å². The number of carbonyl (C=O) groups is 3. The van der Waals surface area contributed by atoms with Crippen LogP contribution >= 0.6 is 0 Å². The van der Waals surface area contributed by atoms with Crippen LogP contribution in [0.15, 0.2) is 24.3 Å². The van der Waals surface area contributed by atoms with Crippen LogP contribution in [0.5, 0.6) is 0 Å². The van der Waals surface area contributed by atoms with Gasteiger partial charge < -0.3 is 15.6 Å². The number of hydrogen-bond acceptors (Lipinski definition) is 8. The van der Waals surface area contributed by atoms with Crippen LogP contribution < -0.4 is 29.6 Å². The molecule has 0 aromatic heterocycles. The molecule has 144 valence electrons. The molecule has 0 bridgehead atoms. The summed E-state index contributed by atoms with van der Waals surface area (Å²) in [7, 11) is -4.15. The molecule has 0 heterocycles. The summed E-state index contributed by atoms with van der Waals surface area (Å²) in [6.45, 7) is 8.53. The maximum absolute atomic E-state index is 12.0. The van der Waals surface area contributed by atoms with E-state index in [0.29, 0.717) is 0 Å². The molecule has 0 radical (unpaired) electrons. The fraction of sp³-hybridized carbons (Fsp3) is 0.533. The number of esters is 3. The first-order chi connectivity index (χ1) is 11.4. The van der Waals surface area contributed by atoms with Gasteiger partial charge in [0.15, 0.2) is 0 Å². The van der Waals surface area contributed by atoms with E-state index in [9.17, 15) is 22.8 Å². The predicted octanol–water partition coefficient (Wildman–Crippen LogP) is -2.22. The molecule has 9 nitrogen and oxygen atoms in total. The van der Waals surface area contributed by atoms with E-state index >= 15 is 0 Å². The van der Waals surface area contributed by atoms with Crippen LogP contribution in [0.1, 0.15) is 21.7 Å². The van der Waals surface area contributed by atoms with Gasteiger partial charge in [0.05, 0.1) is 12.4 Å². The standard InChI is InChI=1S/C15H22O9S.Na.H/c1-10(2)13(16)23-8-12(9-24-14(17)11(3)4)15(18)22-6-5-7-25(19,20)21;;/h12H,1,3,5-9H2,2,4H3,(H,19,20,21);;/q;+1;-1. The molecule has 0 aromatic carbocycles. The van der Waals surface area contributed by atoms with Gasteiger partial charge in [-0.3, -0.25) is 9.35 Å². The topological polar surface area (TPSA) is 133 Å². The average Bonchev–Trinajstić information content (AvgIpc) is 2.49. The maximum atomic E-state index is 12.0. The zero-order chi connectivity index (χ0) is 19.6. The molecule has 0 unspecified atom stereocenters. The molecule has 0 fully saturated rings. The Labute approximate surface area is 176 Å². The first kappa shape index (κ1) is 27.0. The summed E-state index contributed by atoms with van der Waals surface area (Å²) in [4.78, 5) is 34.8. The molecule has 0 rings (SSSR count).